The van der Waals surface area contributed by atoms with Crippen molar-refractivity contribution in [1.29, 1.82) is 0 Å². The Hall–Kier alpha value is -3.23. The van der Waals surface area contributed by atoms with E-state index in [4.69, 9.17) is 0 Å². The summed E-state index contributed by atoms with van der Waals surface area (Å²) in [6, 6.07) is 3.28. The summed E-state index contributed by atoms with van der Waals surface area (Å²) in [7, 11) is 0. The summed E-state index contributed by atoms with van der Waals surface area (Å²) in [4.78, 5) is 40.9. The van der Waals surface area contributed by atoms with Crippen molar-refractivity contribution in [2.45, 2.75) is 64.1 Å². The van der Waals surface area contributed by atoms with Crippen LogP contribution < -0.4 is 10.4 Å². The minimum absolute atomic E-state index is 0.0213. The Morgan fingerprint density at radius 3 is 2.68 bits per heavy atom. The number of Topliss-reactive ketones (excluding diaryl/α,β-unsaturated/α-hetero) is 1. The van der Waals surface area contributed by atoms with Crippen LogP contribution in [-0.4, -0.2) is 45.1 Å². The normalized spacial score (nSPS) is 23.5. The molecule has 3 atom stereocenters. The van der Waals surface area contributed by atoms with Gasteiger partial charge in [0.05, 0.1) is 11.6 Å². The van der Waals surface area contributed by atoms with Gasteiger partial charge in [-0.15, -0.1) is 0 Å². The monoisotopic (exact) mass is 471 g/mol. The number of piperidine rings is 1. The Labute approximate surface area is 195 Å². The molecule has 3 aliphatic rings. The van der Waals surface area contributed by atoms with Gasteiger partial charge in [-0.1, -0.05) is 12.5 Å². The summed E-state index contributed by atoms with van der Waals surface area (Å²) in [6.07, 6.45) is 5.83. The van der Waals surface area contributed by atoms with Crippen LogP contribution in [0.3, 0.4) is 0 Å². The van der Waals surface area contributed by atoms with Gasteiger partial charge in [-0.25, -0.2) is 8.78 Å². The number of nitrogens with zero attached hydrogens (tertiary/aromatic N) is 3. The van der Waals surface area contributed by atoms with Crippen LogP contribution in [-0.2, 0) is 6.42 Å². The molecule has 1 aliphatic carbocycles. The first-order valence-corrected chi connectivity index (χ1v) is 11.9. The first-order chi connectivity index (χ1) is 16.3. The quantitative estimate of drug-likeness (QED) is 0.677. The summed E-state index contributed by atoms with van der Waals surface area (Å²) in [5.74, 6) is -2.74. The molecule has 3 heterocycles. The van der Waals surface area contributed by atoms with Crippen LogP contribution in [0.2, 0.25) is 0 Å². The van der Waals surface area contributed by atoms with Crippen LogP contribution in [0, 0.1) is 17.6 Å². The van der Waals surface area contributed by atoms with Gasteiger partial charge in [0.2, 0.25) is 5.43 Å². The van der Waals surface area contributed by atoms with E-state index in [9.17, 15) is 28.3 Å². The third-order valence-electron chi connectivity index (χ3n) is 7.57. The fourth-order valence-corrected chi connectivity index (χ4v) is 5.92. The van der Waals surface area contributed by atoms with Gasteiger partial charge in [0, 0.05) is 25.2 Å². The van der Waals surface area contributed by atoms with Crippen LogP contribution >= 0.6 is 0 Å². The second kappa shape index (κ2) is 8.52. The van der Waals surface area contributed by atoms with Crippen LogP contribution in [0.15, 0.2) is 29.2 Å². The number of aromatic hydroxyl groups is 1. The van der Waals surface area contributed by atoms with Crippen LogP contribution in [0.4, 0.5) is 8.78 Å². The van der Waals surface area contributed by atoms with Gasteiger partial charge in [0.1, 0.15) is 17.8 Å². The summed E-state index contributed by atoms with van der Waals surface area (Å²) in [5, 5.41) is 12.9. The smallest absolute Gasteiger partial charge is 0.278 e. The van der Waals surface area contributed by atoms with Crippen molar-refractivity contribution in [2.24, 2.45) is 5.92 Å². The first kappa shape index (κ1) is 22.6. The molecule has 0 bridgehead atoms. The van der Waals surface area contributed by atoms with Gasteiger partial charge >= 0.3 is 0 Å². The fourth-order valence-electron chi connectivity index (χ4n) is 5.92. The van der Waals surface area contributed by atoms with E-state index in [1.165, 1.54) is 16.9 Å². The van der Waals surface area contributed by atoms with E-state index < -0.39 is 34.5 Å². The van der Waals surface area contributed by atoms with E-state index in [2.05, 4.69) is 5.01 Å². The van der Waals surface area contributed by atoms with Gasteiger partial charge in [-0.05, 0) is 56.6 Å². The molecule has 7 nitrogen and oxygen atoms in total. The van der Waals surface area contributed by atoms with Gasteiger partial charge in [-0.2, -0.15) is 0 Å². The fraction of sp³-hybridized carbons (Fsp3) is 0.480. The molecule has 0 unspecified atom stereocenters. The van der Waals surface area contributed by atoms with Crippen molar-refractivity contribution in [3.05, 3.63) is 63.1 Å². The molecule has 1 saturated heterocycles. The molecule has 1 saturated carbocycles. The highest BCUT2D eigenvalue weighted by atomic mass is 19.1. The Balaban J connectivity index is 1.53. The van der Waals surface area contributed by atoms with E-state index in [0.717, 1.165) is 44.2 Å². The van der Waals surface area contributed by atoms with Crippen molar-refractivity contribution in [3.63, 3.8) is 0 Å². The molecule has 1 aromatic carbocycles. The van der Waals surface area contributed by atoms with Gasteiger partial charge in [0.15, 0.2) is 17.2 Å². The van der Waals surface area contributed by atoms with E-state index >= 15 is 0 Å². The molecule has 1 N–H and O–H groups in total. The zero-order valence-electron chi connectivity index (χ0n) is 19.0. The highest BCUT2D eigenvalue weighted by Gasteiger charge is 2.48. The van der Waals surface area contributed by atoms with Gasteiger partial charge in [-0.3, -0.25) is 24.1 Å². The molecule has 9 heteroatoms. The summed E-state index contributed by atoms with van der Waals surface area (Å²) >= 11 is 0. The number of ketones is 1. The summed E-state index contributed by atoms with van der Waals surface area (Å²) in [6.45, 7) is 2.31. The number of aromatic nitrogens is 1. The number of carbonyl (C=O) groups excluding carboxylic acids is 2. The lowest BCUT2D eigenvalue weighted by atomic mass is 9.90. The largest absolute Gasteiger partial charge is 0.502 e. The number of pyridine rings is 1. The van der Waals surface area contributed by atoms with Gasteiger partial charge < -0.3 is 10.0 Å². The first-order valence-electron chi connectivity index (χ1n) is 11.9. The zero-order valence-corrected chi connectivity index (χ0v) is 19.0. The van der Waals surface area contributed by atoms with Crippen LogP contribution in [0.5, 0.6) is 5.75 Å². The number of fused-ring (bicyclic) bond motifs is 5. The summed E-state index contributed by atoms with van der Waals surface area (Å²) < 4.78 is 28.7. The molecule has 180 valence electrons. The lowest BCUT2D eigenvalue weighted by Gasteiger charge is -2.53. The van der Waals surface area contributed by atoms with Crippen molar-refractivity contribution in [1.82, 2.24) is 9.58 Å². The predicted octanol–water partition coefficient (Wildman–Crippen LogP) is 3.35. The van der Waals surface area contributed by atoms with Crippen molar-refractivity contribution >= 4 is 11.7 Å². The average molecular weight is 472 g/mol. The molecule has 0 radical (unpaired) electrons. The molecule has 5 rings (SSSR count). The number of hydrogen-bond donors (Lipinski definition) is 1. The Kier molecular flexibility index (Phi) is 5.65. The number of carbonyl (C=O) groups is 2. The van der Waals surface area contributed by atoms with Crippen molar-refractivity contribution < 1.29 is 23.5 Å². The topological polar surface area (TPSA) is 82.9 Å². The zero-order chi connectivity index (χ0) is 24.1. The third-order valence-corrected chi connectivity index (χ3v) is 7.57. The molecular weight excluding hydrogens is 444 g/mol. The molecule has 1 amide bonds. The number of benzene rings is 1. The van der Waals surface area contributed by atoms with E-state index in [1.54, 1.807) is 4.90 Å². The average Bonchev–Trinajstić information content (AvgIpc) is 3.29. The SMILES string of the molecule is CCN1C(=O)c2c(O)c(=O)c(C(=O)CCc3ccc(F)cc3F)cn2N2[C@@H]3CCC[C@@H]3CC[C@@H]12. The molecule has 1 aromatic heterocycles. The lowest BCUT2D eigenvalue weighted by molar-refractivity contribution is 0.0454. The van der Waals surface area contributed by atoms with Crippen LogP contribution in [0.1, 0.15) is 71.9 Å². The minimum atomic E-state index is -0.904. The Morgan fingerprint density at radius 2 is 1.94 bits per heavy atom. The van der Waals surface area contributed by atoms with E-state index in [-0.39, 0.29) is 41.9 Å². The number of aryl methyl sites for hydroxylation is 1. The summed E-state index contributed by atoms with van der Waals surface area (Å²) in [5.41, 5.74) is -1.09. The highest BCUT2D eigenvalue weighted by Crippen LogP contribution is 2.42. The molecule has 2 fully saturated rings. The lowest BCUT2D eigenvalue weighted by Crippen LogP contribution is -2.67. The number of amides is 1. The van der Waals surface area contributed by atoms with Crippen molar-refractivity contribution in [2.75, 3.05) is 11.6 Å². The number of hydrogen-bond acceptors (Lipinski definition) is 5. The maximum Gasteiger partial charge on any atom is 0.278 e. The van der Waals surface area contributed by atoms with E-state index in [0.29, 0.717) is 12.5 Å². The number of halogens is 2. The Bertz CT molecular complexity index is 1230. The predicted molar refractivity (Wildman–Crippen MR) is 120 cm³/mol. The third kappa shape index (κ3) is 3.49. The van der Waals surface area contributed by atoms with Crippen LogP contribution in [0.25, 0.3) is 0 Å². The molecule has 34 heavy (non-hydrogen) atoms. The Morgan fingerprint density at radius 1 is 1.15 bits per heavy atom. The second-order valence-electron chi connectivity index (χ2n) is 9.36. The maximum absolute atomic E-state index is 14.0. The van der Waals surface area contributed by atoms with Gasteiger partial charge in [0.25, 0.3) is 5.91 Å². The molecule has 0 spiro atoms. The standard InChI is InChI=1S/C25H27F2N3O4/c1-2-28-21-11-8-15-4-3-5-19(15)30(21)29-13-17(23(32)24(33)22(29)25(28)34)20(31)10-7-14-6-9-16(26)12-18(14)27/h6,9,12-13,15,19,21,33H,2-5,7-8,10-11H2,1H3/t15-,19-,21+/m1/s1. The molecule has 2 aliphatic heterocycles. The maximum atomic E-state index is 14.0. The second-order valence-corrected chi connectivity index (χ2v) is 9.36. The highest BCUT2D eigenvalue weighted by molar-refractivity contribution is 6.00. The van der Waals surface area contributed by atoms with E-state index in [1.807, 2.05) is 6.92 Å². The number of rotatable bonds is 5. The van der Waals surface area contributed by atoms with Crippen molar-refractivity contribution in [3.8, 4) is 5.75 Å². The minimum Gasteiger partial charge on any atom is -0.502 e. The molecular formula is C25H27F2N3O4. The molecule has 2 aromatic rings.